The Morgan fingerprint density at radius 2 is 1.65 bits per heavy atom. The van der Waals surface area contributed by atoms with Crippen molar-refractivity contribution in [2.24, 2.45) is 5.14 Å². The highest BCUT2D eigenvalue weighted by atomic mass is 35.5. The van der Waals surface area contributed by atoms with Crippen LogP contribution < -0.4 is 5.14 Å². The number of nitrogens with two attached hydrogens (primary N) is 1. The SMILES string of the molecule is CCN1CCC(N2CCN(C(=O)COCCc3c(Cl)c(C)c(Cl)c(S(N)(=O)=O)c3Cl)CC2)CC1. The van der Waals surface area contributed by atoms with Gasteiger partial charge in [0.05, 0.1) is 16.7 Å². The summed E-state index contributed by atoms with van der Waals surface area (Å²) < 4.78 is 29.4. The lowest BCUT2D eigenvalue weighted by Crippen LogP contribution is -2.54. The quantitative estimate of drug-likeness (QED) is 0.496. The van der Waals surface area contributed by atoms with Gasteiger partial charge in [0.25, 0.3) is 0 Å². The van der Waals surface area contributed by atoms with Gasteiger partial charge in [-0.25, -0.2) is 13.6 Å². The van der Waals surface area contributed by atoms with Crippen molar-refractivity contribution < 1.29 is 17.9 Å². The van der Waals surface area contributed by atoms with Gasteiger partial charge in [0.2, 0.25) is 15.9 Å². The Labute approximate surface area is 217 Å². The molecular formula is C22H33Cl3N4O4S. The fourth-order valence-electron chi connectivity index (χ4n) is 4.65. The molecule has 2 aliphatic heterocycles. The van der Waals surface area contributed by atoms with E-state index in [0.29, 0.717) is 30.3 Å². The van der Waals surface area contributed by atoms with Gasteiger partial charge in [-0.1, -0.05) is 41.7 Å². The number of primary sulfonamides is 1. The number of ether oxygens (including phenoxy) is 1. The number of hydrogen-bond acceptors (Lipinski definition) is 6. The minimum atomic E-state index is -4.13. The summed E-state index contributed by atoms with van der Waals surface area (Å²) in [5, 5.41) is 5.33. The van der Waals surface area contributed by atoms with Gasteiger partial charge >= 0.3 is 0 Å². The number of carbonyl (C=O) groups excluding carboxylic acids is 1. The normalized spacial score (nSPS) is 19.1. The van der Waals surface area contributed by atoms with E-state index >= 15 is 0 Å². The molecule has 8 nitrogen and oxygen atoms in total. The second kappa shape index (κ2) is 12.1. The molecule has 2 N–H and O–H groups in total. The second-order valence-electron chi connectivity index (χ2n) is 8.80. The van der Waals surface area contributed by atoms with Crippen molar-refractivity contribution in [3.8, 4) is 0 Å². The predicted octanol–water partition coefficient (Wildman–Crippen LogP) is 2.79. The predicted molar refractivity (Wildman–Crippen MR) is 135 cm³/mol. The molecule has 2 heterocycles. The van der Waals surface area contributed by atoms with E-state index in [9.17, 15) is 13.2 Å². The minimum absolute atomic E-state index is 0.0568. The fourth-order valence-corrected chi connectivity index (χ4v) is 6.98. The van der Waals surface area contributed by atoms with Crippen LogP contribution in [0, 0.1) is 6.92 Å². The number of amides is 1. The Morgan fingerprint density at radius 1 is 1.03 bits per heavy atom. The van der Waals surface area contributed by atoms with Crippen molar-refractivity contribution in [1.82, 2.24) is 14.7 Å². The lowest BCUT2D eigenvalue weighted by atomic mass is 10.0. The smallest absolute Gasteiger partial charge is 0.248 e. The summed E-state index contributed by atoms with van der Waals surface area (Å²) in [7, 11) is -4.13. The molecule has 2 aliphatic rings. The summed E-state index contributed by atoms with van der Waals surface area (Å²) >= 11 is 18.7. The Morgan fingerprint density at radius 3 is 2.21 bits per heavy atom. The highest BCUT2D eigenvalue weighted by Gasteiger charge is 2.29. The van der Waals surface area contributed by atoms with Crippen molar-refractivity contribution in [2.75, 3.05) is 59.0 Å². The first kappa shape index (κ1) is 27.9. The molecule has 12 heteroatoms. The monoisotopic (exact) mass is 554 g/mol. The molecule has 0 aliphatic carbocycles. The number of nitrogens with zero attached hydrogens (tertiary/aromatic N) is 3. The van der Waals surface area contributed by atoms with Gasteiger partial charge in [-0.2, -0.15) is 0 Å². The zero-order valence-corrected chi connectivity index (χ0v) is 22.7. The summed E-state index contributed by atoms with van der Waals surface area (Å²) in [6.07, 6.45) is 2.59. The first-order chi connectivity index (χ1) is 16.0. The number of hydrogen-bond donors (Lipinski definition) is 1. The van der Waals surface area contributed by atoms with Gasteiger partial charge in [0.1, 0.15) is 11.5 Å². The van der Waals surface area contributed by atoms with Crippen LogP contribution in [-0.2, 0) is 26.0 Å². The van der Waals surface area contributed by atoms with Crippen molar-refractivity contribution in [3.05, 3.63) is 26.2 Å². The molecule has 1 aromatic carbocycles. The molecule has 0 bridgehead atoms. The van der Waals surface area contributed by atoms with Crippen LogP contribution in [0.15, 0.2) is 4.90 Å². The molecule has 1 aromatic rings. The second-order valence-corrected chi connectivity index (χ2v) is 11.4. The summed E-state index contributed by atoms with van der Waals surface area (Å²) in [4.78, 5) is 19.1. The molecule has 1 amide bonds. The molecule has 192 valence electrons. The van der Waals surface area contributed by atoms with Gasteiger partial charge in [-0.3, -0.25) is 9.69 Å². The number of benzene rings is 1. The van der Waals surface area contributed by atoms with E-state index in [0.717, 1.165) is 32.7 Å². The number of rotatable bonds is 8. The summed E-state index contributed by atoms with van der Waals surface area (Å²) in [5.74, 6) is -0.0600. The number of halogens is 3. The molecule has 34 heavy (non-hydrogen) atoms. The average Bonchev–Trinajstić information content (AvgIpc) is 2.81. The van der Waals surface area contributed by atoms with E-state index in [1.54, 1.807) is 6.92 Å². The Hall–Kier alpha value is -0.650. The Balaban J connectivity index is 1.47. The third kappa shape index (κ3) is 6.56. The zero-order chi connectivity index (χ0) is 25.0. The van der Waals surface area contributed by atoms with Crippen LogP contribution >= 0.6 is 34.8 Å². The number of sulfonamides is 1. The van der Waals surface area contributed by atoms with Crippen molar-refractivity contribution >= 4 is 50.7 Å². The van der Waals surface area contributed by atoms with Gasteiger partial charge in [-0.15, -0.1) is 0 Å². The highest BCUT2D eigenvalue weighted by Crippen LogP contribution is 2.40. The van der Waals surface area contributed by atoms with E-state index < -0.39 is 10.0 Å². The first-order valence-corrected chi connectivity index (χ1v) is 14.2. The van der Waals surface area contributed by atoms with Gasteiger partial charge in [-0.05, 0) is 56.9 Å². The topological polar surface area (TPSA) is 96.2 Å². The third-order valence-corrected chi connectivity index (χ3v) is 9.38. The molecule has 2 saturated heterocycles. The maximum Gasteiger partial charge on any atom is 0.248 e. The first-order valence-electron chi connectivity index (χ1n) is 11.5. The minimum Gasteiger partial charge on any atom is -0.371 e. The molecule has 0 atom stereocenters. The average molecular weight is 556 g/mol. The summed E-state index contributed by atoms with van der Waals surface area (Å²) in [5.41, 5.74) is 0.755. The summed E-state index contributed by atoms with van der Waals surface area (Å²) in [6.45, 7) is 10.4. The number of likely N-dealkylation sites (tertiary alicyclic amines) is 1. The van der Waals surface area contributed by atoms with E-state index in [1.165, 1.54) is 12.8 Å². The molecule has 0 radical (unpaired) electrons. The fraction of sp³-hybridized carbons (Fsp3) is 0.682. The third-order valence-electron chi connectivity index (χ3n) is 6.78. The van der Waals surface area contributed by atoms with Gasteiger partial charge < -0.3 is 14.5 Å². The van der Waals surface area contributed by atoms with E-state index in [-0.39, 0.29) is 45.5 Å². The van der Waals surface area contributed by atoms with Crippen LogP contribution in [0.2, 0.25) is 15.1 Å². The largest absolute Gasteiger partial charge is 0.371 e. The lowest BCUT2D eigenvalue weighted by molar-refractivity contribution is -0.138. The number of carbonyl (C=O) groups is 1. The summed E-state index contributed by atoms with van der Waals surface area (Å²) in [6, 6.07) is 0.607. The van der Waals surface area contributed by atoms with Crippen LogP contribution in [0.4, 0.5) is 0 Å². The maximum atomic E-state index is 12.6. The lowest BCUT2D eigenvalue weighted by Gasteiger charge is -2.42. The van der Waals surface area contributed by atoms with E-state index in [1.807, 2.05) is 4.90 Å². The van der Waals surface area contributed by atoms with Crippen LogP contribution in [0.5, 0.6) is 0 Å². The van der Waals surface area contributed by atoms with Crippen molar-refractivity contribution in [1.29, 1.82) is 0 Å². The Bertz CT molecular complexity index is 993. The molecule has 0 unspecified atom stereocenters. The van der Waals surface area contributed by atoms with Crippen LogP contribution in [-0.4, -0.2) is 94.1 Å². The molecule has 3 rings (SSSR count). The molecule has 0 aromatic heterocycles. The van der Waals surface area contributed by atoms with Crippen LogP contribution in [0.3, 0.4) is 0 Å². The number of piperazine rings is 1. The van der Waals surface area contributed by atoms with E-state index in [2.05, 4.69) is 16.7 Å². The molecule has 2 fully saturated rings. The van der Waals surface area contributed by atoms with Gasteiger partial charge in [0.15, 0.2) is 0 Å². The van der Waals surface area contributed by atoms with Crippen molar-refractivity contribution in [3.63, 3.8) is 0 Å². The molecule has 0 saturated carbocycles. The standard InChI is InChI=1S/C22H33Cl3N4O4S/c1-3-27-7-4-16(5-8-27)28-9-11-29(12-10-28)18(30)14-33-13-6-17-19(23)15(2)20(24)22(21(17)25)34(26,31)32/h16H,3-14H2,1-2H3,(H2,26,31,32). The van der Waals surface area contributed by atoms with Crippen molar-refractivity contribution in [2.45, 2.75) is 44.0 Å². The van der Waals surface area contributed by atoms with Gasteiger partial charge in [0, 0.05) is 37.2 Å². The van der Waals surface area contributed by atoms with Crippen LogP contribution in [0.25, 0.3) is 0 Å². The Kier molecular flexibility index (Phi) is 9.91. The van der Waals surface area contributed by atoms with Crippen LogP contribution in [0.1, 0.15) is 30.9 Å². The number of piperidine rings is 1. The highest BCUT2D eigenvalue weighted by molar-refractivity contribution is 7.89. The molecule has 0 spiro atoms. The van der Waals surface area contributed by atoms with E-state index in [4.69, 9.17) is 44.7 Å². The maximum absolute atomic E-state index is 12.6. The molecular weight excluding hydrogens is 523 g/mol. The zero-order valence-electron chi connectivity index (χ0n) is 19.7.